The highest BCUT2D eigenvalue weighted by Gasteiger charge is 2.21. The number of carbonyl (C=O) groups excluding carboxylic acids is 2. The second-order valence-electron chi connectivity index (χ2n) is 4.67. The lowest BCUT2D eigenvalue weighted by Gasteiger charge is -2.24. The number of hydrogen-bond donors (Lipinski definition) is 0. The second-order valence-corrected chi connectivity index (χ2v) is 4.67. The summed E-state index contributed by atoms with van der Waals surface area (Å²) in [6.07, 6.45) is 0.436. The predicted octanol–water partition coefficient (Wildman–Crippen LogP) is 0.616. The Bertz CT molecular complexity index is 782. The number of fused-ring (bicyclic) bond motifs is 1. The summed E-state index contributed by atoms with van der Waals surface area (Å²) in [4.78, 5) is 40.5. The van der Waals surface area contributed by atoms with Gasteiger partial charge in [0.1, 0.15) is 12.4 Å². The third-order valence-corrected chi connectivity index (χ3v) is 3.25. The van der Waals surface area contributed by atoms with Gasteiger partial charge in [-0.2, -0.15) is 4.68 Å². The summed E-state index contributed by atoms with van der Waals surface area (Å²) < 4.78 is 5.74. The number of carbonyl (C=O) groups is 2. The van der Waals surface area contributed by atoms with Crippen molar-refractivity contribution in [1.29, 1.82) is 0 Å². The van der Waals surface area contributed by atoms with E-state index in [0.29, 0.717) is 23.1 Å². The molecule has 0 aliphatic carbocycles. The monoisotopic (exact) mass is 303 g/mol. The number of amides is 1. The predicted molar refractivity (Wildman–Crippen MR) is 81.2 cm³/mol. The molecule has 1 aromatic heterocycles. The summed E-state index contributed by atoms with van der Waals surface area (Å²) in [6, 6.07) is 6.88. The van der Waals surface area contributed by atoms with Crippen molar-refractivity contribution >= 4 is 22.8 Å². The Balaban J connectivity index is 2.70. The summed E-state index contributed by atoms with van der Waals surface area (Å²) in [7, 11) is 1.22. The van der Waals surface area contributed by atoms with Crippen LogP contribution in [0, 0.1) is 0 Å². The van der Waals surface area contributed by atoms with Crippen LogP contribution in [0.15, 0.2) is 29.1 Å². The number of ether oxygens (including phenoxy) is 1. The molecule has 0 spiro atoms. The molecule has 7 heteroatoms. The van der Waals surface area contributed by atoms with E-state index in [4.69, 9.17) is 0 Å². The highest BCUT2D eigenvalue weighted by atomic mass is 16.5. The van der Waals surface area contributed by atoms with Crippen LogP contribution < -0.4 is 10.6 Å². The fourth-order valence-electron chi connectivity index (χ4n) is 2.16. The lowest BCUT2D eigenvalue weighted by atomic mass is 10.2. The van der Waals surface area contributed by atoms with Gasteiger partial charge >= 0.3 is 5.97 Å². The molecular weight excluding hydrogens is 286 g/mol. The molecule has 0 aliphatic rings. The molecular formula is C15H17N3O4. The third kappa shape index (κ3) is 2.83. The molecule has 0 unspecified atom stereocenters. The molecule has 0 bridgehead atoms. The van der Waals surface area contributed by atoms with Crippen molar-refractivity contribution in [2.75, 3.05) is 18.7 Å². The molecule has 0 fully saturated rings. The van der Waals surface area contributed by atoms with Crippen molar-refractivity contribution in [1.82, 2.24) is 9.66 Å². The molecule has 1 amide bonds. The van der Waals surface area contributed by atoms with Gasteiger partial charge in [0.25, 0.3) is 5.56 Å². The maximum absolute atomic E-state index is 12.7. The van der Waals surface area contributed by atoms with E-state index in [9.17, 15) is 14.4 Å². The number of methoxy groups -OCH3 is 1. The smallest absolute Gasteiger partial charge is 0.327 e. The summed E-state index contributed by atoms with van der Waals surface area (Å²) in [5.74, 6) is -0.653. The molecule has 22 heavy (non-hydrogen) atoms. The Morgan fingerprint density at radius 1 is 1.32 bits per heavy atom. The molecule has 7 nitrogen and oxygen atoms in total. The average molecular weight is 303 g/mol. The van der Waals surface area contributed by atoms with E-state index in [-0.39, 0.29) is 12.1 Å². The van der Waals surface area contributed by atoms with Crippen LogP contribution in [0.5, 0.6) is 0 Å². The third-order valence-electron chi connectivity index (χ3n) is 3.25. The van der Waals surface area contributed by atoms with E-state index in [1.165, 1.54) is 14.0 Å². The van der Waals surface area contributed by atoms with E-state index in [1.807, 2.05) is 6.92 Å². The van der Waals surface area contributed by atoms with E-state index in [2.05, 4.69) is 9.72 Å². The quantitative estimate of drug-likeness (QED) is 0.773. The normalized spacial score (nSPS) is 10.5. The molecule has 2 aromatic rings. The van der Waals surface area contributed by atoms with Gasteiger partial charge in [0.15, 0.2) is 0 Å². The first kappa shape index (κ1) is 15.7. The summed E-state index contributed by atoms with van der Waals surface area (Å²) in [5.41, 5.74) is 0.170. The van der Waals surface area contributed by atoms with Crippen LogP contribution in [-0.4, -0.2) is 35.2 Å². The Morgan fingerprint density at radius 3 is 2.59 bits per heavy atom. The van der Waals surface area contributed by atoms with Crippen molar-refractivity contribution in [3.05, 3.63) is 40.4 Å². The van der Waals surface area contributed by atoms with Crippen molar-refractivity contribution in [3.63, 3.8) is 0 Å². The molecule has 0 aliphatic heterocycles. The minimum absolute atomic E-state index is 0.348. The number of rotatable bonds is 4. The maximum Gasteiger partial charge on any atom is 0.327 e. The number of nitrogens with zero attached hydrogens (tertiary/aromatic N) is 3. The number of aromatic nitrogens is 2. The molecule has 0 N–H and O–H groups in total. The fraction of sp³-hybridized carbons (Fsp3) is 0.333. The van der Waals surface area contributed by atoms with Gasteiger partial charge in [-0.1, -0.05) is 19.1 Å². The van der Waals surface area contributed by atoms with Crippen LogP contribution in [0.3, 0.4) is 0 Å². The highest BCUT2D eigenvalue weighted by molar-refractivity contribution is 5.90. The topological polar surface area (TPSA) is 81.5 Å². The summed E-state index contributed by atoms with van der Waals surface area (Å²) in [6.45, 7) is 2.76. The lowest BCUT2D eigenvalue weighted by molar-refractivity contribution is -0.140. The Labute approximate surface area is 127 Å². The van der Waals surface area contributed by atoms with E-state index < -0.39 is 11.9 Å². The first-order valence-corrected chi connectivity index (χ1v) is 6.85. The van der Waals surface area contributed by atoms with Gasteiger partial charge in [0, 0.05) is 13.3 Å². The highest BCUT2D eigenvalue weighted by Crippen LogP contribution is 2.09. The van der Waals surface area contributed by atoms with Gasteiger partial charge in [0.2, 0.25) is 5.91 Å². The van der Waals surface area contributed by atoms with Gasteiger partial charge < -0.3 is 4.74 Å². The Kier molecular flexibility index (Phi) is 4.55. The molecule has 1 heterocycles. The maximum atomic E-state index is 12.7. The minimum Gasteiger partial charge on any atom is -0.468 e. The van der Waals surface area contributed by atoms with Crippen LogP contribution in [0.4, 0.5) is 0 Å². The fourth-order valence-corrected chi connectivity index (χ4v) is 2.16. The molecule has 0 saturated carbocycles. The first-order valence-electron chi connectivity index (χ1n) is 6.85. The van der Waals surface area contributed by atoms with Gasteiger partial charge in [-0.3, -0.25) is 14.4 Å². The zero-order valence-corrected chi connectivity index (χ0v) is 12.7. The van der Waals surface area contributed by atoms with Crippen molar-refractivity contribution in [3.8, 4) is 0 Å². The number of benzene rings is 1. The zero-order valence-electron chi connectivity index (χ0n) is 12.7. The second kappa shape index (κ2) is 6.38. The van der Waals surface area contributed by atoms with Crippen molar-refractivity contribution < 1.29 is 14.3 Å². The first-order chi connectivity index (χ1) is 10.5. The number of para-hydroxylation sites is 1. The molecule has 116 valence electrons. The van der Waals surface area contributed by atoms with E-state index >= 15 is 0 Å². The number of aryl methyl sites for hydroxylation is 1. The standard InChI is InChI=1S/C15H17N3O4/c1-4-13-16-12-8-6-5-7-11(12)15(21)18(13)17(10(2)19)9-14(20)22-3/h5-8H,4,9H2,1-3H3. The van der Waals surface area contributed by atoms with Crippen LogP contribution >= 0.6 is 0 Å². The summed E-state index contributed by atoms with van der Waals surface area (Å²) in [5, 5.41) is 1.43. The largest absolute Gasteiger partial charge is 0.468 e. The number of hydrogen-bond acceptors (Lipinski definition) is 5. The van der Waals surface area contributed by atoms with Gasteiger partial charge in [0.05, 0.1) is 18.0 Å². The molecule has 2 rings (SSSR count). The Morgan fingerprint density at radius 2 is 2.00 bits per heavy atom. The molecule has 1 aromatic carbocycles. The van der Waals surface area contributed by atoms with Gasteiger partial charge in [-0.15, -0.1) is 0 Å². The van der Waals surface area contributed by atoms with Crippen LogP contribution in [0.1, 0.15) is 19.7 Å². The molecule has 0 atom stereocenters. The van der Waals surface area contributed by atoms with Crippen molar-refractivity contribution in [2.45, 2.75) is 20.3 Å². The van der Waals surface area contributed by atoms with E-state index in [0.717, 1.165) is 9.69 Å². The minimum atomic E-state index is -0.614. The average Bonchev–Trinajstić information content (AvgIpc) is 2.52. The molecule has 0 radical (unpaired) electrons. The van der Waals surface area contributed by atoms with Crippen LogP contribution in [0.25, 0.3) is 10.9 Å². The molecule has 0 saturated heterocycles. The lowest BCUT2D eigenvalue weighted by Crippen LogP contribution is -2.50. The SMILES string of the molecule is CCc1nc2ccccc2c(=O)n1N(CC(=O)OC)C(C)=O. The van der Waals surface area contributed by atoms with Gasteiger partial charge in [-0.05, 0) is 12.1 Å². The zero-order chi connectivity index (χ0) is 16.3. The number of esters is 1. The van der Waals surface area contributed by atoms with Gasteiger partial charge in [-0.25, -0.2) is 9.99 Å². The van der Waals surface area contributed by atoms with E-state index in [1.54, 1.807) is 24.3 Å². The summed E-state index contributed by atoms with van der Waals surface area (Å²) >= 11 is 0. The Hall–Kier alpha value is -2.70. The van der Waals surface area contributed by atoms with Crippen molar-refractivity contribution in [2.24, 2.45) is 0 Å². The van der Waals surface area contributed by atoms with Crippen LogP contribution in [0.2, 0.25) is 0 Å². The van der Waals surface area contributed by atoms with Crippen LogP contribution in [-0.2, 0) is 20.7 Å².